The molecule has 3 heterocycles. The Morgan fingerprint density at radius 1 is 0.855 bits per heavy atom. The van der Waals surface area contributed by atoms with Crippen LogP contribution in [-0.2, 0) is 44.4 Å². The normalized spacial score (nSPS) is 35.2. The Morgan fingerprint density at radius 3 is 2.22 bits per heavy atom. The highest BCUT2D eigenvalue weighted by atomic mass is 16.8. The summed E-state index contributed by atoms with van der Waals surface area (Å²) in [7, 11) is 2.74. The minimum Gasteiger partial charge on any atom is -0.504 e. The van der Waals surface area contributed by atoms with E-state index < -0.39 is 105 Å². The van der Waals surface area contributed by atoms with Gasteiger partial charge in [0, 0.05) is 6.08 Å². The fraction of sp³-hybridized carbons (Fsp3) is 0.583. The van der Waals surface area contributed by atoms with Crippen molar-refractivity contribution in [3.05, 3.63) is 53.6 Å². The predicted molar refractivity (Wildman–Crippen MR) is 184 cm³/mol. The lowest BCUT2D eigenvalue weighted by Gasteiger charge is -2.46. The molecule has 0 amide bonds. The van der Waals surface area contributed by atoms with E-state index in [1.807, 2.05) is 0 Å². The number of ether oxygens (including phenoxy) is 9. The van der Waals surface area contributed by atoms with Gasteiger partial charge in [-0.3, -0.25) is 0 Å². The first kappa shape index (κ1) is 42.5. The molecule has 19 heteroatoms. The van der Waals surface area contributed by atoms with E-state index in [9.17, 15) is 50.8 Å². The summed E-state index contributed by atoms with van der Waals surface area (Å²) in [6.45, 7) is -0.557. The number of esters is 1. The quantitative estimate of drug-likeness (QED) is 0.0701. The molecule has 0 bridgehead atoms. The van der Waals surface area contributed by atoms with Crippen molar-refractivity contribution in [3.8, 4) is 23.0 Å². The lowest BCUT2D eigenvalue weighted by molar-refractivity contribution is -0.360. The van der Waals surface area contributed by atoms with Crippen LogP contribution in [0.2, 0.25) is 0 Å². The third-order valence-electron chi connectivity index (χ3n) is 9.50. The van der Waals surface area contributed by atoms with Crippen LogP contribution in [0.3, 0.4) is 0 Å². The van der Waals surface area contributed by atoms with E-state index in [1.165, 1.54) is 51.5 Å². The largest absolute Gasteiger partial charge is 0.504 e. The van der Waals surface area contributed by atoms with Gasteiger partial charge in [0.15, 0.2) is 48.0 Å². The zero-order valence-corrected chi connectivity index (χ0v) is 30.2. The standard InChI is InChI=1S/C36H48O19/c1-17-26(41)27(42)28(43)34(52-17)55-31-29(44)33(49-11-10-19-5-8-21(39)23(13-19)48-3)53-24(14-50-35-32(45)36(46,15-37)16-51-35)30(31)54-25(40)9-6-18-4-7-20(38)22(12-18)47-2/h4-9,12-13,17,24,26-35,37-39,41-46H,10-11,14-16H2,1-3H3/b9-6+/t17-,24+,26+,27+,28+,29+,30+,31+,32-,33+,34-,35+,36?/m0/s1. The summed E-state index contributed by atoms with van der Waals surface area (Å²) in [4.78, 5) is 13.4. The van der Waals surface area contributed by atoms with Crippen LogP contribution in [0.25, 0.3) is 6.08 Å². The molecule has 55 heavy (non-hydrogen) atoms. The Bertz CT molecular complexity index is 1610. The molecule has 3 aliphatic heterocycles. The van der Waals surface area contributed by atoms with Crippen LogP contribution in [0.5, 0.6) is 23.0 Å². The van der Waals surface area contributed by atoms with Gasteiger partial charge in [-0.15, -0.1) is 0 Å². The summed E-state index contributed by atoms with van der Waals surface area (Å²) in [5, 5.41) is 93.8. The van der Waals surface area contributed by atoms with Crippen molar-refractivity contribution >= 4 is 12.0 Å². The van der Waals surface area contributed by atoms with Gasteiger partial charge in [-0.05, 0) is 54.8 Å². The second-order valence-electron chi connectivity index (χ2n) is 13.3. The number of aliphatic hydroxyl groups is 7. The first-order chi connectivity index (χ1) is 26.2. The maximum atomic E-state index is 13.4. The number of hydrogen-bond donors (Lipinski definition) is 9. The third kappa shape index (κ3) is 9.84. The number of aromatic hydroxyl groups is 2. The molecule has 3 saturated heterocycles. The molecule has 2 aromatic rings. The van der Waals surface area contributed by atoms with Crippen LogP contribution in [0, 0.1) is 0 Å². The molecule has 13 atom stereocenters. The highest BCUT2D eigenvalue weighted by molar-refractivity contribution is 5.87. The number of phenolic OH excluding ortho intramolecular Hbond substituents is 2. The summed E-state index contributed by atoms with van der Waals surface area (Å²) in [6.07, 6.45) is -16.3. The van der Waals surface area contributed by atoms with Gasteiger partial charge in [0.05, 0.1) is 46.8 Å². The fourth-order valence-electron chi connectivity index (χ4n) is 6.17. The van der Waals surface area contributed by atoms with Crippen LogP contribution in [-0.4, -0.2) is 172 Å². The van der Waals surface area contributed by atoms with Gasteiger partial charge in [0.1, 0.15) is 48.3 Å². The Kier molecular flexibility index (Phi) is 14.3. The first-order valence-electron chi connectivity index (χ1n) is 17.4. The predicted octanol–water partition coefficient (Wildman–Crippen LogP) is -1.94. The van der Waals surface area contributed by atoms with Crippen LogP contribution >= 0.6 is 0 Å². The molecule has 3 aliphatic rings. The number of benzene rings is 2. The SMILES string of the molecule is COc1cc(/C=C/C(=O)O[C@H]2[C@H](O[C@@H]3O[C@@H](C)[C@@H](O)[C@@H](O)[C@H]3O)[C@@H](O)[C@H](OCCc3ccc(O)c(OC)c3)O[C@@H]2CO[C@@H]2OCC(O)(CO)[C@H]2O)ccc1O. The zero-order chi connectivity index (χ0) is 40.0. The molecule has 2 aromatic carbocycles. The van der Waals surface area contributed by atoms with E-state index >= 15 is 0 Å². The minimum absolute atomic E-state index is 0.0767. The van der Waals surface area contributed by atoms with Crippen molar-refractivity contribution in [3.63, 3.8) is 0 Å². The van der Waals surface area contributed by atoms with Gasteiger partial charge in [0.25, 0.3) is 0 Å². The van der Waals surface area contributed by atoms with Gasteiger partial charge < -0.3 is 88.6 Å². The van der Waals surface area contributed by atoms with Gasteiger partial charge >= 0.3 is 5.97 Å². The molecule has 3 fully saturated rings. The number of carbonyl (C=O) groups excluding carboxylic acids is 1. The molecule has 9 N–H and O–H groups in total. The molecule has 0 saturated carbocycles. The van der Waals surface area contributed by atoms with Gasteiger partial charge in [-0.2, -0.15) is 0 Å². The van der Waals surface area contributed by atoms with E-state index in [1.54, 1.807) is 12.1 Å². The van der Waals surface area contributed by atoms with E-state index in [0.29, 0.717) is 11.1 Å². The summed E-state index contributed by atoms with van der Waals surface area (Å²) < 4.78 is 50.8. The number of rotatable bonds is 15. The van der Waals surface area contributed by atoms with Crippen molar-refractivity contribution in [2.75, 3.05) is 40.6 Å². The number of hydrogen-bond acceptors (Lipinski definition) is 19. The lowest BCUT2D eigenvalue weighted by Crippen LogP contribution is -2.65. The van der Waals surface area contributed by atoms with Crippen molar-refractivity contribution in [1.82, 2.24) is 0 Å². The molecule has 0 aromatic heterocycles. The maximum Gasteiger partial charge on any atom is 0.331 e. The summed E-state index contributed by atoms with van der Waals surface area (Å²) in [5.41, 5.74) is -0.920. The maximum absolute atomic E-state index is 13.4. The molecule has 5 rings (SSSR count). The number of carbonyl (C=O) groups is 1. The highest BCUT2D eigenvalue weighted by Gasteiger charge is 2.54. The molecule has 0 radical (unpaired) electrons. The summed E-state index contributed by atoms with van der Waals surface area (Å²) in [6, 6.07) is 8.94. The average Bonchev–Trinajstić information content (AvgIpc) is 3.47. The smallest absolute Gasteiger partial charge is 0.331 e. The minimum atomic E-state index is -2.04. The molecular weight excluding hydrogens is 736 g/mol. The van der Waals surface area contributed by atoms with Crippen LogP contribution < -0.4 is 9.47 Å². The van der Waals surface area contributed by atoms with E-state index in [-0.39, 0.29) is 36.0 Å². The van der Waals surface area contributed by atoms with E-state index in [2.05, 4.69) is 0 Å². The fourth-order valence-corrected chi connectivity index (χ4v) is 6.17. The number of aliphatic hydroxyl groups excluding tert-OH is 6. The highest BCUT2D eigenvalue weighted by Crippen LogP contribution is 2.34. The molecule has 0 aliphatic carbocycles. The number of phenols is 2. The lowest BCUT2D eigenvalue weighted by atomic mass is 9.96. The number of methoxy groups -OCH3 is 2. The summed E-state index contributed by atoms with van der Waals surface area (Å²) in [5.74, 6) is -0.847. The zero-order valence-electron chi connectivity index (χ0n) is 30.2. The van der Waals surface area contributed by atoms with Crippen LogP contribution in [0.1, 0.15) is 18.1 Å². The van der Waals surface area contributed by atoms with E-state index in [0.717, 1.165) is 6.08 Å². The molecular formula is C36H48O19. The average molecular weight is 785 g/mol. The Hall–Kier alpha value is -3.67. The Balaban J connectivity index is 1.42. The summed E-state index contributed by atoms with van der Waals surface area (Å²) >= 11 is 0. The van der Waals surface area contributed by atoms with Gasteiger partial charge in [-0.25, -0.2) is 4.79 Å². The van der Waals surface area contributed by atoms with Gasteiger partial charge in [-0.1, -0.05) is 12.1 Å². The topological polar surface area (TPSA) is 282 Å². The molecule has 19 nitrogen and oxygen atoms in total. The Labute approximate surface area is 315 Å². The van der Waals surface area contributed by atoms with Crippen molar-refractivity contribution < 1.29 is 93.4 Å². The molecule has 0 spiro atoms. The molecule has 306 valence electrons. The monoisotopic (exact) mass is 784 g/mol. The second kappa shape index (κ2) is 18.5. The van der Waals surface area contributed by atoms with Crippen molar-refractivity contribution in [2.45, 2.75) is 92.8 Å². The second-order valence-corrected chi connectivity index (χ2v) is 13.3. The van der Waals surface area contributed by atoms with Crippen LogP contribution in [0.15, 0.2) is 42.5 Å². The van der Waals surface area contributed by atoms with Crippen molar-refractivity contribution in [2.24, 2.45) is 0 Å². The van der Waals surface area contributed by atoms with Crippen LogP contribution in [0.4, 0.5) is 0 Å². The Morgan fingerprint density at radius 2 is 1.55 bits per heavy atom. The first-order valence-corrected chi connectivity index (χ1v) is 17.4. The van der Waals surface area contributed by atoms with E-state index in [4.69, 9.17) is 42.6 Å². The third-order valence-corrected chi connectivity index (χ3v) is 9.50. The van der Waals surface area contributed by atoms with Crippen molar-refractivity contribution in [1.29, 1.82) is 0 Å². The molecule has 1 unspecified atom stereocenters. The van der Waals surface area contributed by atoms with Gasteiger partial charge in [0.2, 0.25) is 0 Å².